The van der Waals surface area contributed by atoms with Gasteiger partial charge in [0.05, 0.1) is 46.2 Å². The number of thiazole rings is 2. The molecule has 1 saturated heterocycles. The number of hydrogen-bond donors (Lipinski definition) is 6. The second-order valence-electron chi connectivity index (χ2n) is 21.4. The van der Waals surface area contributed by atoms with Crippen LogP contribution in [0.1, 0.15) is 125 Å². The van der Waals surface area contributed by atoms with Crippen molar-refractivity contribution in [3.05, 3.63) is 125 Å². The summed E-state index contributed by atoms with van der Waals surface area (Å²) in [6, 6.07) is 23.4. The normalized spacial score (nSPS) is 14.8. The molecule has 80 heavy (non-hydrogen) atoms. The highest BCUT2D eigenvalue weighted by molar-refractivity contribution is 7.89. The number of carbonyl (C=O) groups excluding carboxylic acids is 6. The quantitative estimate of drug-likeness (QED) is 0.0266. The van der Waals surface area contributed by atoms with Gasteiger partial charge in [-0.25, -0.2) is 18.4 Å². The smallest absolute Gasteiger partial charge is 0.253 e. The van der Waals surface area contributed by atoms with E-state index in [9.17, 15) is 42.3 Å². The number of nitrogens with one attached hydrogen (secondary N) is 5. The standard InChI is InChI=1S/C59H73N9O9S3/c1-39-53(79-38-63-39)42-25-23-40(24-26-42)32-61-56(74)49-31-47(69)36-68(49)57(75)54(59(2,3)4)65-51(71)22-14-12-10-8-6-7-9-11-13-21-50(70)60-33-41-17-15-18-43(29-41)44-19-16-20-45(30-44)48-37-78-58(64-48)66-52(72)34-62-55(73)46-27-28-67(35-46)80(5,76)77/h15-20,23-30,35,37-38,47,49,54,69H,6-14,21-22,31-34,36H2,1-5H3,(H,60,70)(H,61,74)(H,62,73)(H,65,71)(H,64,66,72)/t47-,49+,54-/m1/s1. The van der Waals surface area contributed by atoms with E-state index in [0.717, 1.165) is 106 Å². The summed E-state index contributed by atoms with van der Waals surface area (Å²) in [7, 11) is -3.54. The van der Waals surface area contributed by atoms with Crippen LogP contribution in [0.15, 0.2) is 102 Å². The van der Waals surface area contributed by atoms with Gasteiger partial charge in [-0.3, -0.25) is 32.7 Å². The molecule has 0 aliphatic carbocycles. The van der Waals surface area contributed by atoms with Crippen molar-refractivity contribution in [3.8, 4) is 32.8 Å². The number of aryl methyl sites for hydroxylation is 1. The summed E-state index contributed by atoms with van der Waals surface area (Å²) in [5, 5.41) is 26.9. The number of rotatable bonds is 27. The maximum Gasteiger partial charge on any atom is 0.253 e. The van der Waals surface area contributed by atoms with Gasteiger partial charge in [-0.15, -0.1) is 22.7 Å². The van der Waals surface area contributed by atoms with E-state index < -0.39 is 45.4 Å². The lowest BCUT2D eigenvalue weighted by Gasteiger charge is -2.35. The van der Waals surface area contributed by atoms with E-state index in [2.05, 4.69) is 36.6 Å². The van der Waals surface area contributed by atoms with Crippen LogP contribution in [-0.4, -0.2) is 105 Å². The first-order valence-electron chi connectivity index (χ1n) is 27.2. The number of anilines is 1. The predicted molar refractivity (Wildman–Crippen MR) is 313 cm³/mol. The number of likely N-dealkylation sites (tertiary alicyclic amines) is 1. The number of nitrogens with zero attached hydrogens (tertiary/aromatic N) is 4. The van der Waals surface area contributed by atoms with Crippen LogP contribution in [0.4, 0.5) is 5.13 Å². The largest absolute Gasteiger partial charge is 0.391 e. The molecule has 0 saturated carbocycles. The zero-order chi connectivity index (χ0) is 57.4. The van der Waals surface area contributed by atoms with Crippen molar-refractivity contribution >= 4 is 73.3 Å². The predicted octanol–water partition coefficient (Wildman–Crippen LogP) is 8.60. The van der Waals surface area contributed by atoms with Crippen molar-refractivity contribution in [2.75, 3.05) is 24.7 Å². The molecule has 6 amide bonds. The average molecular weight is 1150 g/mol. The zero-order valence-electron chi connectivity index (χ0n) is 46.1. The van der Waals surface area contributed by atoms with Crippen molar-refractivity contribution < 1.29 is 42.3 Å². The van der Waals surface area contributed by atoms with E-state index in [0.29, 0.717) is 36.6 Å². The number of hydrogen-bond acceptors (Lipinski definition) is 13. The number of unbranched alkanes of at least 4 members (excludes halogenated alkanes) is 8. The van der Waals surface area contributed by atoms with Crippen molar-refractivity contribution in [2.24, 2.45) is 5.41 Å². The number of amides is 6. The Hall–Kier alpha value is -7.07. The number of benzene rings is 3. The number of aliphatic hydroxyl groups is 1. The maximum absolute atomic E-state index is 14.0. The van der Waals surface area contributed by atoms with Gasteiger partial charge < -0.3 is 36.6 Å². The van der Waals surface area contributed by atoms with E-state index in [1.807, 2.05) is 111 Å². The summed E-state index contributed by atoms with van der Waals surface area (Å²) in [6.07, 6.45) is 12.1. The van der Waals surface area contributed by atoms with E-state index in [4.69, 9.17) is 0 Å². The molecule has 7 rings (SSSR count). The molecule has 3 aromatic carbocycles. The molecule has 0 radical (unpaired) electrons. The lowest BCUT2D eigenvalue weighted by molar-refractivity contribution is -0.144. The van der Waals surface area contributed by atoms with Gasteiger partial charge in [-0.05, 0) is 71.2 Å². The molecule has 1 aliphatic rings. The van der Waals surface area contributed by atoms with Crippen molar-refractivity contribution in [1.82, 2.24) is 40.1 Å². The Labute approximate surface area is 476 Å². The molecule has 21 heteroatoms. The highest BCUT2D eigenvalue weighted by atomic mass is 32.2. The first-order valence-corrected chi connectivity index (χ1v) is 30.8. The third-order valence-corrected chi connectivity index (χ3v) is 16.6. The molecule has 18 nitrogen and oxygen atoms in total. The maximum atomic E-state index is 14.0. The first-order chi connectivity index (χ1) is 38.2. The lowest BCUT2D eigenvalue weighted by Crippen LogP contribution is -2.57. The minimum Gasteiger partial charge on any atom is -0.391 e. The van der Waals surface area contributed by atoms with E-state index in [1.165, 1.54) is 34.7 Å². The van der Waals surface area contributed by atoms with E-state index >= 15 is 0 Å². The van der Waals surface area contributed by atoms with Gasteiger partial charge in [0.2, 0.25) is 39.6 Å². The minimum atomic E-state index is -3.54. The van der Waals surface area contributed by atoms with Crippen LogP contribution in [0.3, 0.4) is 0 Å². The summed E-state index contributed by atoms with van der Waals surface area (Å²) in [4.78, 5) is 89.9. The number of aliphatic hydroxyl groups excluding tert-OH is 1. The Kier molecular flexibility index (Phi) is 21.5. The molecular weight excluding hydrogens is 1070 g/mol. The van der Waals surface area contributed by atoms with Crippen LogP contribution in [0.2, 0.25) is 0 Å². The van der Waals surface area contributed by atoms with Gasteiger partial charge in [-0.2, -0.15) is 0 Å². The number of β-amino-alcohol motifs (C(OH)–C–C–N with tert-alkyl or cyclic N) is 1. The Morgan fingerprint density at radius 3 is 2.02 bits per heavy atom. The second kappa shape index (κ2) is 28.4. The SMILES string of the molecule is Cc1ncsc1-c1ccc(CNC(=O)[C@@H]2C[C@@H](O)CN2C(=O)[C@@H](NC(=O)CCCCCCCCCCCC(=O)NCc2cccc(-c3cccc(-c4csc(NC(=O)CNC(=O)c5ccn(S(C)(=O)=O)c5)n4)c3)c2)C(C)(C)C)cc1. The van der Waals surface area contributed by atoms with Gasteiger partial charge in [0.25, 0.3) is 5.91 Å². The van der Waals surface area contributed by atoms with Crippen LogP contribution < -0.4 is 26.6 Å². The Morgan fingerprint density at radius 2 is 1.38 bits per heavy atom. The molecule has 4 heterocycles. The van der Waals surface area contributed by atoms with E-state index in [-0.39, 0.29) is 55.2 Å². The van der Waals surface area contributed by atoms with Crippen LogP contribution in [0.25, 0.3) is 32.8 Å². The van der Waals surface area contributed by atoms with Gasteiger partial charge in [-0.1, -0.05) is 126 Å². The molecule has 6 aromatic rings. The topological polar surface area (TPSA) is 251 Å². The highest BCUT2D eigenvalue weighted by Crippen LogP contribution is 2.31. The third-order valence-electron chi connectivity index (χ3n) is 13.9. The molecule has 3 atom stereocenters. The first kappa shape index (κ1) is 60.6. The van der Waals surface area contributed by atoms with Crippen molar-refractivity contribution in [3.63, 3.8) is 0 Å². The summed E-state index contributed by atoms with van der Waals surface area (Å²) < 4.78 is 24.3. The Morgan fingerprint density at radius 1 is 0.738 bits per heavy atom. The van der Waals surface area contributed by atoms with E-state index in [1.54, 1.807) is 11.3 Å². The summed E-state index contributed by atoms with van der Waals surface area (Å²) in [5.41, 5.74) is 8.64. The monoisotopic (exact) mass is 1150 g/mol. The molecule has 0 bridgehead atoms. The highest BCUT2D eigenvalue weighted by Gasteiger charge is 2.44. The fourth-order valence-corrected chi connectivity index (χ4v) is 11.6. The number of aromatic nitrogens is 3. The molecule has 426 valence electrons. The lowest BCUT2D eigenvalue weighted by atomic mass is 9.85. The van der Waals surface area contributed by atoms with Gasteiger partial charge in [0.1, 0.15) is 12.1 Å². The van der Waals surface area contributed by atoms with Crippen molar-refractivity contribution in [1.29, 1.82) is 0 Å². The molecular formula is C59H73N9O9S3. The van der Waals surface area contributed by atoms with Gasteiger partial charge in [0, 0.05) is 62.2 Å². The molecule has 0 spiro atoms. The van der Waals surface area contributed by atoms with Crippen LogP contribution in [-0.2, 0) is 47.1 Å². The molecule has 1 aliphatic heterocycles. The van der Waals surface area contributed by atoms with Gasteiger partial charge >= 0.3 is 0 Å². The fourth-order valence-electron chi connectivity index (χ4n) is 9.44. The summed E-state index contributed by atoms with van der Waals surface area (Å²) >= 11 is 2.82. The zero-order valence-corrected chi connectivity index (χ0v) is 48.5. The minimum absolute atomic E-state index is 0.0104. The third kappa shape index (κ3) is 17.7. The van der Waals surface area contributed by atoms with Crippen LogP contribution >= 0.6 is 22.7 Å². The molecule has 1 fully saturated rings. The van der Waals surface area contributed by atoms with Crippen molar-refractivity contribution in [2.45, 2.75) is 136 Å². The van der Waals surface area contributed by atoms with Gasteiger partial charge in [0.15, 0.2) is 5.13 Å². The fraction of sp³-hybridized carbons (Fsp3) is 0.424. The molecule has 0 unspecified atom stereocenters. The second-order valence-corrected chi connectivity index (χ2v) is 25.0. The summed E-state index contributed by atoms with van der Waals surface area (Å²) in [6.45, 7) is 7.99. The number of carbonyl (C=O) groups is 6. The Balaban J connectivity index is 0.737. The Bertz CT molecular complexity index is 3220. The van der Waals surface area contributed by atoms with Crippen LogP contribution in [0.5, 0.6) is 0 Å². The summed E-state index contributed by atoms with van der Waals surface area (Å²) in [5.74, 6) is -1.98. The molecule has 6 N–H and O–H groups in total. The molecule has 3 aromatic heterocycles. The average Bonchev–Trinajstić information content (AvgIpc) is 4.30. The van der Waals surface area contributed by atoms with Crippen LogP contribution in [0, 0.1) is 12.3 Å².